The van der Waals surface area contributed by atoms with Gasteiger partial charge >= 0.3 is 23.9 Å². The molecule has 0 amide bonds. The van der Waals surface area contributed by atoms with Crippen LogP contribution in [0.4, 0.5) is 23.0 Å². The van der Waals surface area contributed by atoms with Crippen LogP contribution >= 0.6 is 0 Å². The number of ketones is 1. The normalized spacial score (nSPS) is 13.3. The van der Waals surface area contributed by atoms with Crippen molar-refractivity contribution in [2.24, 2.45) is 0 Å². The molecule has 2 aliphatic rings. The van der Waals surface area contributed by atoms with Crippen molar-refractivity contribution in [1.29, 1.82) is 5.26 Å². The van der Waals surface area contributed by atoms with Crippen LogP contribution in [0.1, 0.15) is 105 Å². The molecule has 0 saturated carbocycles. The van der Waals surface area contributed by atoms with Crippen molar-refractivity contribution in [2.75, 3.05) is 51.3 Å². The van der Waals surface area contributed by atoms with Crippen LogP contribution in [-0.4, -0.2) is 107 Å². The lowest BCUT2D eigenvalue weighted by molar-refractivity contribution is 0.0556. The van der Waals surface area contributed by atoms with Crippen LogP contribution in [0.25, 0.3) is 43.8 Å². The molecule has 5 N–H and O–H groups in total. The monoisotopic (exact) mass is 1100 g/mol. The zero-order chi connectivity index (χ0) is 58.1. The number of pyridine rings is 2. The summed E-state index contributed by atoms with van der Waals surface area (Å²) in [6.45, 7) is 1.08. The van der Waals surface area contributed by atoms with E-state index >= 15 is 0 Å². The Morgan fingerprint density at radius 2 is 1.00 bits per heavy atom. The fraction of sp³-hybridized carbons (Fsp3) is 0.226. The second-order valence-electron chi connectivity index (χ2n) is 18.5. The molecule has 19 nitrogen and oxygen atoms in total. The molecule has 0 aliphatic carbocycles. The summed E-state index contributed by atoms with van der Waals surface area (Å²) in [6, 6.07) is 33.5. The number of carbonyl (C=O) groups excluding carboxylic acids is 5. The Morgan fingerprint density at radius 3 is 1.46 bits per heavy atom. The lowest BCUT2D eigenvalue weighted by Crippen LogP contribution is -2.28. The summed E-state index contributed by atoms with van der Waals surface area (Å²) in [6.07, 6.45) is 3.47. The van der Waals surface area contributed by atoms with Gasteiger partial charge in [-0.25, -0.2) is 29.1 Å². The number of ether oxygens (including phenoxy) is 4. The second kappa shape index (κ2) is 25.6. The number of methoxy groups -OCH3 is 4. The first-order valence-corrected chi connectivity index (χ1v) is 25.4. The lowest BCUT2D eigenvalue weighted by atomic mass is 9.87. The van der Waals surface area contributed by atoms with Gasteiger partial charge in [0.1, 0.15) is 11.6 Å². The predicted octanol–water partition coefficient (Wildman–Crippen LogP) is 8.75. The van der Waals surface area contributed by atoms with Gasteiger partial charge in [-0.1, -0.05) is 30.3 Å². The molecule has 0 spiro atoms. The molecule has 0 saturated heterocycles. The number of fused-ring (bicyclic) bond motifs is 4. The Hall–Kier alpha value is -9.42. The number of rotatable bonds is 12. The zero-order valence-corrected chi connectivity index (χ0v) is 44.9. The Bertz CT molecular complexity index is 3800. The van der Waals surface area contributed by atoms with E-state index in [4.69, 9.17) is 24.2 Å². The van der Waals surface area contributed by atoms with Gasteiger partial charge in [0.05, 0.1) is 95.0 Å². The van der Waals surface area contributed by atoms with Crippen LogP contribution in [0.5, 0.6) is 0 Å². The Morgan fingerprint density at radius 1 is 0.580 bits per heavy atom. The topological polar surface area (TPSA) is 279 Å². The number of carbonyl (C=O) groups is 5. The van der Waals surface area contributed by atoms with Crippen molar-refractivity contribution in [3.05, 3.63) is 177 Å². The van der Waals surface area contributed by atoms with Gasteiger partial charge in [-0.15, -0.1) is 0 Å². The van der Waals surface area contributed by atoms with Crippen molar-refractivity contribution >= 4 is 74.2 Å². The molecular formula is C62H57N5O14. The minimum Gasteiger partial charge on any atom is -0.465 e. The summed E-state index contributed by atoms with van der Waals surface area (Å²) in [7, 11) is 4.92. The number of esters is 4. The van der Waals surface area contributed by atoms with Gasteiger partial charge in [0.25, 0.3) is 0 Å². The largest absolute Gasteiger partial charge is 0.465 e. The van der Waals surface area contributed by atoms with Gasteiger partial charge in [-0.05, 0) is 140 Å². The maximum atomic E-state index is 13.2. The van der Waals surface area contributed by atoms with Crippen molar-refractivity contribution in [3.63, 3.8) is 0 Å². The molecule has 1 atom stereocenters. The third-order valence-corrected chi connectivity index (χ3v) is 14.1. The van der Waals surface area contributed by atoms with E-state index in [1.165, 1.54) is 47.5 Å². The van der Waals surface area contributed by atoms with Crippen molar-refractivity contribution in [1.82, 2.24) is 9.97 Å². The van der Waals surface area contributed by atoms with E-state index in [9.17, 15) is 49.5 Å². The summed E-state index contributed by atoms with van der Waals surface area (Å²) in [5.41, 5.74) is 6.90. The molecule has 0 fully saturated rings. The van der Waals surface area contributed by atoms with Crippen LogP contribution in [0, 0.1) is 11.3 Å². The quantitative estimate of drug-likeness (QED) is 0.0564. The third-order valence-electron chi connectivity index (χ3n) is 14.1. The number of benzene rings is 6. The van der Waals surface area contributed by atoms with Gasteiger partial charge in [0, 0.05) is 66.8 Å². The van der Waals surface area contributed by atoms with Crippen LogP contribution < -0.4 is 9.80 Å². The molecule has 8 aromatic rings. The molecule has 0 bridgehead atoms. The number of para-hydroxylation sites is 2. The van der Waals surface area contributed by atoms with Crippen molar-refractivity contribution < 1.29 is 68.5 Å². The lowest BCUT2D eigenvalue weighted by Gasteiger charge is -2.33. The molecule has 0 unspecified atom stereocenters. The summed E-state index contributed by atoms with van der Waals surface area (Å²) in [5.74, 6) is -1.72. The fourth-order valence-electron chi connectivity index (χ4n) is 10.3. The molecular weight excluding hydrogens is 1040 g/mol. The molecule has 4 heterocycles. The molecule has 81 heavy (non-hydrogen) atoms. The minimum atomic E-state index is -0.739. The maximum absolute atomic E-state index is 13.2. The van der Waals surface area contributed by atoms with Crippen LogP contribution in [0.15, 0.2) is 122 Å². The zero-order valence-electron chi connectivity index (χ0n) is 44.9. The highest BCUT2D eigenvalue weighted by molar-refractivity contribution is 6.17. The first kappa shape index (κ1) is 57.7. The fourth-order valence-corrected chi connectivity index (χ4v) is 10.3. The van der Waals surface area contributed by atoms with Crippen LogP contribution in [-0.2, 0) is 45.4 Å². The van der Waals surface area contributed by atoms with Gasteiger partial charge in [0.2, 0.25) is 0 Å². The van der Waals surface area contributed by atoms with Crippen LogP contribution in [0.3, 0.4) is 0 Å². The number of aliphatic hydroxyl groups is 5. The summed E-state index contributed by atoms with van der Waals surface area (Å²) >= 11 is 0. The summed E-state index contributed by atoms with van der Waals surface area (Å²) < 4.78 is 20.2. The highest BCUT2D eigenvalue weighted by Gasteiger charge is 2.31. The molecule has 2 aromatic heterocycles. The number of Topliss-reactive ketones (excluding diaryl/α,β-unsaturated/α-hetero) is 1. The Labute approximate surface area is 465 Å². The number of aliphatic hydroxyl groups excluding tert-OH is 5. The van der Waals surface area contributed by atoms with Gasteiger partial charge in [-0.2, -0.15) is 5.26 Å². The smallest absolute Gasteiger partial charge is 0.339 e. The average Bonchev–Trinajstić information content (AvgIpc) is 3.59. The highest BCUT2D eigenvalue weighted by Crippen LogP contribution is 2.43. The van der Waals surface area contributed by atoms with E-state index in [-0.39, 0.29) is 54.5 Å². The standard InChI is InChI=1S/C30H28N2O7.C30H26N2O7.C2H3N/c2*1-38-29(36)23-12-18-11-19(15-33)20(16-34)13-22(18)27(28(23)30(37)39-2)17-7-9-31-26(14-17)32-10-8-25(35)21-5-3-4-6-24(21)32;1-2-3/h3-7,9,11-14,25,33-35H,8,10,15-16H2,1-2H3;3-7,9,11-14,33-34H,8,10,15-16H2,1-2H3;1H3/t25-;;/m0../s1. The van der Waals surface area contributed by atoms with Crippen molar-refractivity contribution in [2.45, 2.75) is 52.3 Å². The number of aromatic nitrogens is 2. The molecule has 0 radical (unpaired) electrons. The Balaban J connectivity index is 0.000000203. The van der Waals surface area contributed by atoms with E-state index in [1.807, 2.05) is 58.3 Å². The van der Waals surface area contributed by atoms with E-state index < -0.39 is 30.0 Å². The van der Waals surface area contributed by atoms with E-state index in [0.29, 0.717) is 109 Å². The number of hydrogen-bond donors (Lipinski definition) is 5. The number of anilines is 4. The number of nitrogens with zero attached hydrogens (tertiary/aromatic N) is 5. The molecule has 10 rings (SSSR count). The maximum Gasteiger partial charge on any atom is 0.339 e. The van der Waals surface area contributed by atoms with Gasteiger partial charge in [0.15, 0.2) is 5.78 Å². The van der Waals surface area contributed by atoms with E-state index in [1.54, 1.807) is 67.0 Å². The number of hydrogen-bond acceptors (Lipinski definition) is 19. The second-order valence-corrected chi connectivity index (χ2v) is 18.5. The first-order valence-electron chi connectivity index (χ1n) is 25.4. The third kappa shape index (κ3) is 11.4. The molecule has 6 aromatic carbocycles. The van der Waals surface area contributed by atoms with Gasteiger partial charge in [-0.3, -0.25) is 4.79 Å². The summed E-state index contributed by atoms with van der Waals surface area (Å²) in [5, 5.41) is 59.8. The first-order chi connectivity index (χ1) is 39.2. The summed E-state index contributed by atoms with van der Waals surface area (Å²) in [4.78, 5) is 77.7. The van der Waals surface area contributed by atoms with Crippen molar-refractivity contribution in [3.8, 4) is 28.3 Å². The molecule has 2 aliphatic heterocycles. The number of nitriles is 1. The minimum absolute atomic E-state index is 0.000217. The molecule has 414 valence electrons. The molecule has 19 heteroatoms. The van der Waals surface area contributed by atoms with E-state index in [0.717, 1.165) is 16.9 Å². The average molecular weight is 1100 g/mol. The van der Waals surface area contributed by atoms with Crippen LogP contribution in [0.2, 0.25) is 0 Å². The van der Waals surface area contributed by atoms with E-state index in [2.05, 4.69) is 9.97 Å². The highest BCUT2D eigenvalue weighted by atomic mass is 16.5. The van der Waals surface area contributed by atoms with Gasteiger partial charge < -0.3 is 54.3 Å². The predicted molar refractivity (Wildman–Crippen MR) is 300 cm³/mol. The SMILES string of the molecule is CC#N.COC(=O)c1cc2cc(CO)c(CO)cc2c(-c2ccnc(N3CCC(=O)c4ccccc43)c2)c1C(=O)OC.COC(=O)c1cc2cc(CO)c(CO)cc2c(-c2ccnc(N3CC[C@H](O)c4ccccc43)c2)c1C(=O)OC. The Kier molecular flexibility index (Phi) is 18.2.